The van der Waals surface area contributed by atoms with Gasteiger partial charge in [-0.05, 0) is 13.0 Å². The summed E-state index contributed by atoms with van der Waals surface area (Å²) in [5, 5.41) is 0.942. The molecule has 1 N–H and O–H groups in total. The van der Waals surface area contributed by atoms with Crippen molar-refractivity contribution in [1.29, 1.82) is 0 Å². The van der Waals surface area contributed by atoms with Crippen LogP contribution in [0.5, 0.6) is 0 Å². The van der Waals surface area contributed by atoms with Crippen molar-refractivity contribution < 1.29 is 9.53 Å². The van der Waals surface area contributed by atoms with Gasteiger partial charge in [-0.15, -0.1) is 0 Å². The second kappa shape index (κ2) is 4.85. The van der Waals surface area contributed by atoms with E-state index < -0.39 is 0 Å². The lowest BCUT2D eigenvalue weighted by Gasteiger charge is -1.97. The van der Waals surface area contributed by atoms with Gasteiger partial charge in [0.2, 0.25) is 0 Å². The molecule has 0 spiro atoms. The third kappa shape index (κ3) is 2.24. The predicted molar refractivity (Wildman–Crippen MR) is 75.4 cm³/mol. The van der Waals surface area contributed by atoms with Crippen LogP contribution in [0.25, 0.3) is 20.9 Å². The van der Waals surface area contributed by atoms with Gasteiger partial charge in [0.05, 0.1) is 6.61 Å². The van der Waals surface area contributed by atoms with E-state index in [1.165, 1.54) is 11.3 Å². The van der Waals surface area contributed by atoms with E-state index in [4.69, 9.17) is 4.74 Å². The molecule has 5 heteroatoms. The van der Waals surface area contributed by atoms with E-state index in [0.717, 1.165) is 20.9 Å². The summed E-state index contributed by atoms with van der Waals surface area (Å²) in [6.45, 7) is 2.16. The summed E-state index contributed by atoms with van der Waals surface area (Å²) >= 11 is 1.53. The number of benzene rings is 1. The van der Waals surface area contributed by atoms with Gasteiger partial charge in [0, 0.05) is 5.56 Å². The van der Waals surface area contributed by atoms with Crippen LogP contribution >= 0.6 is 11.3 Å². The van der Waals surface area contributed by atoms with Crippen LogP contribution < -0.4 is 0 Å². The Labute approximate surface area is 114 Å². The first-order valence-corrected chi connectivity index (χ1v) is 6.81. The van der Waals surface area contributed by atoms with E-state index in [1.54, 1.807) is 13.0 Å². The number of H-pyrrole nitrogens is 1. The number of fused-ring (bicyclic) bond motifs is 1. The standard InChI is InChI=1S/C14H12N2O2S/c1-2-18-14(17)11-8-10-13(16-11)19-12(15-10)9-6-4-3-5-7-9/h3-8,16H,2H2,1H3. The smallest absolute Gasteiger partial charge is 0.354 e. The summed E-state index contributed by atoms with van der Waals surface area (Å²) in [4.78, 5) is 20.1. The largest absolute Gasteiger partial charge is 0.461 e. The number of ether oxygens (including phenoxy) is 1. The number of thiazole rings is 1. The zero-order valence-corrected chi connectivity index (χ0v) is 11.2. The zero-order valence-electron chi connectivity index (χ0n) is 10.3. The fraction of sp³-hybridized carbons (Fsp3) is 0.143. The molecule has 2 aromatic heterocycles. The number of rotatable bonds is 3. The first-order chi connectivity index (χ1) is 9.28. The molecule has 0 fully saturated rings. The summed E-state index contributed by atoms with van der Waals surface area (Å²) in [5.74, 6) is -0.339. The highest BCUT2D eigenvalue weighted by molar-refractivity contribution is 7.21. The molecule has 4 nitrogen and oxygen atoms in total. The Morgan fingerprint density at radius 1 is 1.37 bits per heavy atom. The van der Waals surface area contributed by atoms with Gasteiger partial charge in [-0.3, -0.25) is 0 Å². The molecule has 1 aromatic carbocycles. The Bertz CT molecular complexity index is 684. The van der Waals surface area contributed by atoms with E-state index in [0.29, 0.717) is 12.3 Å². The lowest BCUT2D eigenvalue weighted by Crippen LogP contribution is -2.04. The molecule has 2 heterocycles. The zero-order chi connectivity index (χ0) is 13.2. The quantitative estimate of drug-likeness (QED) is 0.743. The van der Waals surface area contributed by atoms with E-state index >= 15 is 0 Å². The van der Waals surface area contributed by atoms with Gasteiger partial charge < -0.3 is 9.72 Å². The molecule has 0 aliphatic rings. The number of aromatic amines is 1. The van der Waals surface area contributed by atoms with Gasteiger partial charge >= 0.3 is 5.97 Å². The summed E-state index contributed by atoms with van der Waals surface area (Å²) in [7, 11) is 0. The molecule has 0 radical (unpaired) electrons. The first kappa shape index (κ1) is 11.9. The fourth-order valence-corrected chi connectivity index (χ4v) is 2.80. The maximum atomic E-state index is 11.6. The lowest BCUT2D eigenvalue weighted by molar-refractivity contribution is 0.0520. The molecule has 0 aliphatic heterocycles. The molecule has 0 amide bonds. The van der Waals surface area contributed by atoms with Gasteiger partial charge in [0.25, 0.3) is 0 Å². The van der Waals surface area contributed by atoms with Crippen molar-refractivity contribution in [1.82, 2.24) is 9.97 Å². The van der Waals surface area contributed by atoms with Crippen LogP contribution in [0.2, 0.25) is 0 Å². The average molecular weight is 272 g/mol. The van der Waals surface area contributed by atoms with Crippen LogP contribution in [0.1, 0.15) is 17.4 Å². The minimum absolute atomic E-state index is 0.339. The Morgan fingerprint density at radius 2 is 2.16 bits per heavy atom. The van der Waals surface area contributed by atoms with Crippen molar-refractivity contribution in [2.75, 3.05) is 6.61 Å². The molecule has 0 bridgehead atoms. The maximum Gasteiger partial charge on any atom is 0.354 e. The van der Waals surface area contributed by atoms with Crippen LogP contribution in [0.3, 0.4) is 0 Å². The molecule has 0 atom stereocenters. The Morgan fingerprint density at radius 3 is 2.84 bits per heavy atom. The molecular weight excluding hydrogens is 260 g/mol. The van der Waals surface area contributed by atoms with Gasteiger partial charge in [-0.25, -0.2) is 9.78 Å². The van der Waals surface area contributed by atoms with E-state index in [1.807, 2.05) is 30.3 Å². The number of hydrogen-bond donors (Lipinski definition) is 1. The Hall–Kier alpha value is -2.14. The molecule has 0 saturated carbocycles. The van der Waals surface area contributed by atoms with Crippen molar-refractivity contribution in [3.05, 3.63) is 42.1 Å². The second-order valence-electron chi connectivity index (χ2n) is 4.00. The second-order valence-corrected chi connectivity index (χ2v) is 5.00. The predicted octanol–water partition coefficient (Wildman–Crippen LogP) is 3.47. The van der Waals surface area contributed by atoms with Gasteiger partial charge in [0.1, 0.15) is 21.0 Å². The summed E-state index contributed by atoms with van der Waals surface area (Å²) in [5.41, 5.74) is 2.33. The molecule has 96 valence electrons. The highest BCUT2D eigenvalue weighted by Gasteiger charge is 2.14. The number of nitrogens with zero attached hydrogens (tertiary/aromatic N) is 1. The van der Waals surface area contributed by atoms with Crippen molar-refractivity contribution in [3.8, 4) is 10.6 Å². The Balaban J connectivity index is 1.96. The van der Waals surface area contributed by atoms with Crippen LogP contribution in [0, 0.1) is 0 Å². The van der Waals surface area contributed by atoms with Crippen molar-refractivity contribution >= 4 is 27.7 Å². The maximum absolute atomic E-state index is 11.6. The topological polar surface area (TPSA) is 55.0 Å². The van der Waals surface area contributed by atoms with Gasteiger partial charge in [0.15, 0.2) is 0 Å². The number of hydrogen-bond acceptors (Lipinski definition) is 4. The highest BCUT2D eigenvalue weighted by atomic mass is 32.1. The van der Waals surface area contributed by atoms with Gasteiger partial charge in [-0.1, -0.05) is 41.7 Å². The third-order valence-corrected chi connectivity index (χ3v) is 3.73. The molecule has 19 heavy (non-hydrogen) atoms. The summed E-state index contributed by atoms with van der Waals surface area (Å²) in [6, 6.07) is 11.7. The van der Waals surface area contributed by atoms with Crippen molar-refractivity contribution in [3.63, 3.8) is 0 Å². The number of aromatic nitrogens is 2. The van der Waals surface area contributed by atoms with E-state index in [-0.39, 0.29) is 5.97 Å². The molecule has 3 rings (SSSR count). The summed E-state index contributed by atoms with van der Waals surface area (Å²) in [6.07, 6.45) is 0. The average Bonchev–Trinajstić information content (AvgIpc) is 2.98. The van der Waals surface area contributed by atoms with Crippen LogP contribution in [0.15, 0.2) is 36.4 Å². The molecule has 0 saturated heterocycles. The Kier molecular flexibility index (Phi) is 3.05. The van der Waals surface area contributed by atoms with E-state index in [2.05, 4.69) is 9.97 Å². The minimum atomic E-state index is -0.339. The first-order valence-electron chi connectivity index (χ1n) is 6.00. The lowest BCUT2D eigenvalue weighted by atomic mass is 10.2. The summed E-state index contributed by atoms with van der Waals surface area (Å²) < 4.78 is 4.95. The molecule has 3 aromatic rings. The van der Waals surface area contributed by atoms with Gasteiger partial charge in [-0.2, -0.15) is 0 Å². The molecule has 0 unspecified atom stereocenters. The fourth-order valence-electron chi connectivity index (χ4n) is 1.84. The van der Waals surface area contributed by atoms with Crippen LogP contribution in [-0.2, 0) is 4.74 Å². The molecule has 0 aliphatic carbocycles. The number of carbonyl (C=O) groups is 1. The SMILES string of the molecule is CCOC(=O)c1cc2nc(-c3ccccc3)sc2[nH]1. The number of nitrogens with one attached hydrogen (secondary N) is 1. The van der Waals surface area contributed by atoms with Crippen molar-refractivity contribution in [2.45, 2.75) is 6.92 Å². The highest BCUT2D eigenvalue weighted by Crippen LogP contribution is 2.30. The third-order valence-electron chi connectivity index (χ3n) is 2.70. The van der Waals surface area contributed by atoms with Crippen molar-refractivity contribution in [2.24, 2.45) is 0 Å². The normalized spacial score (nSPS) is 10.8. The minimum Gasteiger partial charge on any atom is -0.461 e. The molecular formula is C14H12N2O2S. The van der Waals surface area contributed by atoms with E-state index in [9.17, 15) is 4.79 Å². The van der Waals surface area contributed by atoms with Crippen LogP contribution in [-0.4, -0.2) is 22.5 Å². The monoisotopic (exact) mass is 272 g/mol. The number of carbonyl (C=O) groups excluding carboxylic acids is 1. The van der Waals surface area contributed by atoms with Crippen LogP contribution in [0.4, 0.5) is 0 Å². The number of esters is 1.